The average molecular weight is 665 g/mol. The van der Waals surface area contributed by atoms with E-state index in [-0.39, 0.29) is 0 Å². The van der Waals surface area contributed by atoms with Gasteiger partial charge in [-0.25, -0.2) is 4.99 Å². The van der Waals surface area contributed by atoms with E-state index in [0.29, 0.717) is 12.2 Å². The third-order valence-corrected chi connectivity index (χ3v) is 10.9. The van der Waals surface area contributed by atoms with Gasteiger partial charge in [0.1, 0.15) is 0 Å². The Morgan fingerprint density at radius 2 is 0.981 bits per heavy atom. The predicted molar refractivity (Wildman–Crippen MR) is 221 cm³/mol. The van der Waals surface area contributed by atoms with E-state index in [2.05, 4.69) is 161 Å². The Balaban J connectivity index is 1.28. The number of rotatable bonds is 5. The molecule has 2 heterocycles. The Morgan fingerprint density at radius 1 is 0.442 bits per heavy atom. The zero-order valence-corrected chi connectivity index (χ0v) is 28.3. The molecular formula is C48H32N4. The molecule has 4 heteroatoms. The van der Waals surface area contributed by atoms with Crippen molar-refractivity contribution >= 4 is 93.0 Å². The lowest BCUT2D eigenvalue weighted by atomic mass is 9.95. The van der Waals surface area contributed by atoms with Crippen molar-refractivity contribution in [2.24, 2.45) is 4.99 Å². The second-order valence-electron chi connectivity index (χ2n) is 13.7. The summed E-state index contributed by atoms with van der Waals surface area (Å²) < 4.78 is 4.91. The van der Waals surface area contributed by atoms with E-state index in [4.69, 9.17) is 10.7 Å². The molecule has 4 nitrogen and oxygen atoms in total. The molecule has 0 aliphatic rings. The van der Waals surface area contributed by atoms with Gasteiger partial charge in [0, 0.05) is 32.6 Å². The summed E-state index contributed by atoms with van der Waals surface area (Å²) >= 11 is 0. The highest BCUT2D eigenvalue weighted by Gasteiger charge is 2.24. The lowest BCUT2D eigenvalue weighted by molar-refractivity contribution is 0.935. The SMILES string of the molecule is Nc1c(N=C(Cn2c3cccc4c5ccccc5c5cccc6c5c5c(c43)c2ccc5n6-c2ccccc2)c2ccccc2)ccc2ccccc12. The first kappa shape index (κ1) is 28.9. The van der Waals surface area contributed by atoms with E-state index in [1.54, 1.807) is 0 Å². The number of nitrogen functional groups attached to an aromatic ring is 1. The molecule has 2 aromatic heterocycles. The van der Waals surface area contributed by atoms with Crippen LogP contribution < -0.4 is 5.73 Å². The van der Waals surface area contributed by atoms with E-state index in [1.807, 2.05) is 18.2 Å². The average Bonchev–Trinajstić information content (AvgIpc) is 3.71. The van der Waals surface area contributed by atoms with Crippen molar-refractivity contribution in [1.82, 2.24) is 9.13 Å². The summed E-state index contributed by atoms with van der Waals surface area (Å²) in [5.74, 6) is 0. The van der Waals surface area contributed by atoms with Crippen LogP contribution in [-0.2, 0) is 6.54 Å². The molecule has 0 atom stereocenters. The smallest absolute Gasteiger partial charge is 0.0869 e. The van der Waals surface area contributed by atoms with Crippen molar-refractivity contribution in [2.75, 3.05) is 5.73 Å². The number of anilines is 1. The second-order valence-corrected chi connectivity index (χ2v) is 13.7. The van der Waals surface area contributed by atoms with Crippen molar-refractivity contribution in [3.05, 3.63) is 175 Å². The fourth-order valence-corrected chi connectivity index (χ4v) is 8.70. The summed E-state index contributed by atoms with van der Waals surface area (Å²) in [4.78, 5) is 5.38. The molecule has 0 fully saturated rings. The van der Waals surface area contributed by atoms with Crippen LogP contribution in [0.3, 0.4) is 0 Å². The Bertz CT molecular complexity index is 3200. The summed E-state index contributed by atoms with van der Waals surface area (Å²) in [6.45, 7) is 0.567. The van der Waals surface area contributed by atoms with Crippen LogP contribution in [0.4, 0.5) is 11.4 Å². The maximum atomic E-state index is 6.84. The van der Waals surface area contributed by atoms with Gasteiger partial charge >= 0.3 is 0 Å². The molecule has 0 aliphatic heterocycles. The van der Waals surface area contributed by atoms with Crippen LogP contribution in [0.15, 0.2) is 175 Å². The van der Waals surface area contributed by atoms with Gasteiger partial charge in [-0.15, -0.1) is 0 Å². The highest BCUT2D eigenvalue weighted by Crippen LogP contribution is 2.47. The molecule has 0 spiro atoms. The zero-order chi connectivity index (χ0) is 34.3. The van der Waals surface area contributed by atoms with Gasteiger partial charge < -0.3 is 14.9 Å². The van der Waals surface area contributed by atoms with Crippen LogP contribution in [0.2, 0.25) is 0 Å². The van der Waals surface area contributed by atoms with Gasteiger partial charge in [0.05, 0.1) is 45.7 Å². The highest BCUT2D eigenvalue weighted by atomic mass is 15.0. The molecule has 244 valence electrons. The molecule has 52 heavy (non-hydrogen) atoms. The Morgan fingerprint density at radius 3 is 1.73 bits per heavy atom. The van der Waals surface area contributed by atoms with Crippen LogP contribution in [0.1, 0.15) is 5.56 Å². The molecular weight excluding hydrogens is 633 g/mol. The largest absolute Gasteiger partial charge is 0.396 e. The lowest BCUT2D eigenvalue weighted by Crippen LogP contribution is -2.11. The monoisotopic (exact) mass is 664 g/mol. The molecule has 9 aromatic carbocycles. The van der Waals surface area contributed by atoms with Gasteiger partial charge in [0.25, 0.3) is 0 Å². The van der Waals surface area contributed by atoms with Crippen LogP contribution in [0, 0.1) is 0 Å². The van der Waals surface area contributed by atoms with Crippen molar-refractivity contribution < 1.29 is 0 Å². The molecule has 2 N–H and O–H groups in total. The number of hydrogen-bond donors (Lipinski definition) is 1. The molecule has 0 radical (unpaired) electrons. The standard InChI is InChI=1S/C48H32N4/c49-48-33-18-8-7-13-30(33)25-26-38(48)50-39(31-14-3-1-4-15-31)29-51-40-23-11-21-36-34-19-9-10-20-35(34)37-22-12-24-42-45(37)47-43(28-27-41(51)46(47)44(36)40)52(42)32-16-5-2-6-17-32/h1-28H,29,49H2. The van der Waals surface area contributed by atoms with Gasteiger partial charge in [-0.2, -0.15) is 0 Å². The van der Waals surface area contributed by atoms with E-state index in [9.17, 15) is 0 Å². The van der Waals surface area contributed by atoms with Crippen molar-refractivity contribution in [3.63, 3.8) is 0 Å². The topological polar surface area (TPSA) is 48.2 Å². The molecule has 0 saturated heterocycles. The molecule has 0 saturated carbocycles. The number of hydrogen-bond acceptors (Lipinski definition) is 2. The summed E-state index contributed by atoms with van der Waals surface area (Å²) in [7, 11) is 0. The maximum absolute atomic E-state index is 6.84. The fraction of sp³-hybridized carbons (Fsp3) is 0.0208. The van der Waals surface area contributed by atoms with Crippen LogP contribution >= 0.6 is 0 Å². The summed E-state index contributed by atoms with van der Waals surface area (Å²) in [6.07, 6.45) is 0. The molecule has 0 unspecified atom stereocenters. The summed E-state index contributed by atoms with van der Waals surface area (Å²) in [5.41, 5.74) is 16.3. The van der Waals surface area contributed by atoms with Gasteiger partial charge in [-0.05, 0) is 75.0 Å². The summed E-state index contributed by atoms with van der Waals surface area (Å²) in [6, 6.07) is 60.8. The highest BCUT2D eigenvalue weighted by molar-refractivity contribution is 6.39. The lowest BCUT2D eigenvalue weighted by Gasteiger charge is -2.13. The molecule has 11 rings (SSSR count). The first-order valence-corrected chi connectivity index (χ1v) is 17.8. The zero-order valence-electron chi connectivity index (χ0n) is 28.3. The Labute approximate surface area is 299 Å². The number of nitrogens with two attached hydrogens (primary N) is 1. The number of aromatic nitrogens is 2. The van der Waals surface area contributed by atoms with Crippen molar-refractivity contribution in [3.8, 4) is 5.69 Å². The first-order valence-electron chi connectivity index (χ1n) is 17.8. The molecule has 0 aliphatic carbocycles. The quantitative estimate of drug-likeness (QED) is 0.144. The third kappa shape index (κ3) is 4.06. The molecule has 0 amide bonds. The molecule has 11 aromatic rings. The normalized spacial score (nSPS) is 12.5. The maximum Gasteiger partial charge on any atom is 0.0869 e. The number of benzene rings is 8. The van der Waals surface area contributed by atoms with Crippen LogP contribution in [0.5, 0.6) is 0 Å². The van der Waals surface area contributed by atoms with Gasteiger partial charge in [0.2, 0.25) is 0 Å². The Hall–Kier alpha value is -6.91. The summed E-state index contributed by atoms with van der Waals surface area (Å²) in [5, 5.41) is 12.3. The van der Waals surface area contributed by atoms with Crippen LogP contribution in [-0.4, -0.2) is 14.8 Å². The number of para-hydroxylation sites is 1. The van der Waals surface area contributed by atoms with Gasteiger partial charge in [-0.3, -0.25) is 0 Å². The minimum absolute atomic E-state index is 0.567. The fourth-order valence-electron chi connectivity index (χ4n) is 8.70. The van der Waals surface area contributed by atoms with E-state index >= 15 is 0 Å². The van der Waals surface area contributed by atoms with E-state index in [1.165, 1.54) is 65.2 Å². The first-order chi connectivity index (χ1) is 25.7. The van der Waals surface area contributed by atoms with Gasteiger partial charge in [-0.1, -0.05) is 127 Å². The second kappa shape index (κ2) is 11.0. The predicted octanol–water partition coefficient (Wildman–Crippen LogP) is 12.2. The number of fused-ring (bicyclic) bond motifs is 4. The third-order valence-electron chi connectivity index (χ3n) is 10.9. The van der Waals surface area contributed by atoms with Crippen LogP contribution in [0.25, 0.3) is 81.6 Å². The minimum atomic E-state index is 0.567. The van der Waals surface area contributed by atoms with Crippen molar-refractivity contribution in [1.29, 1.82) is 0 Å². The van der Waals surface area contributed by atoms with Gasteiger partial charge in [0.15, 0.2) is 0 Å². The number of aliphatic imine (C=N–C) groups is 1. The minimum Gasteiger partial charge on any atom is -0.396 e. The van der Waals surface area contributed by atoms with E-state index < -0.39 is 0 Å². The van der Waals surface area contributed by atoms with Crippen molar-refractivity contribution in [2.45, 2.75) is 6.54 Å². The molecule has 0 bridgehead atoms. The number of nitrogens with zero attached hydrogens (tertiary/aromatic N) is 3. The Kier molecular flexibility index (Phi) is 6.13. The van der Waals surface area contributed by atoms with E-state index in [0.717, 1.165) is 33.4 Å².